The average Bonchev–Trinajstić information content (AvgIpc) is 2.88. The number of hydrogen-bond donors (Lipinski definition) is 1. The van der Waals surface area contributed by atoms with Gasteiger partial charge in [-0.15, -0.1) is 0 Å². The molecule has 0 aliphatic carbocycles. The van der Waals surface area contributed by atoms with E-state index >= 15 is 0 Å². The molecule has 1 aromatic heterocycles. The van der Waals surface area contributed by atoms with Crippen molar-refractivity contribution < 1.29 is 31.6 Å². The summed E-state index contributed by atoms with van der Waals surface area (Å²) < 4.78 is 63.5. The molecule has 0 spiro atoms. The lowest BCUT2D eigenvalue weighted by atomic mass is 10.3. The summed E-state index contributed by atoms with van der Waals surface area (Å²) in [5.41, 5.74) is 0. The minimum absolute atomic E-state index is 0.0115. The number of rotatable bonds is 6. The highest BCUT2D eigenvalue weighted by molar-refractivity contribution is 4.93. The van der Waals surface area contributed by atoms with E-state index in [-0.39, 0.29) is 17.8 Å². The second-order valence-corrected chi connectivity index (χ2v) is 4.18. The quantitative estimate of drug-likeness (QED) is 0.795. The summed E-state index contributed by atoms with van der Waals surface area (Å²) >= 11 is 0. The van der Waals surface area contributed by atoms with E-state index in [4.69, 9.17) is 9.26 Å². The van der Waals surface area contributed by atoms with Crippen LogP contribution in [0.1, 0.15) is 17.8 Å². The van der Waals surface area contributed by atoms with Gasteiger partial charge in [0, 0.05) is 6.54 Å². The van der Waals surface area contributed by atoms with E-state index < -0.39 is 25.6 Å². The van der Waals surface area contributed by atoms with Gasteiger partial charge in [0.05, 0.1) is 13.2 Å². The monoisotopic (exact) mass is 299 g/mol. The molecule has 1 fully saturated rings. The number of alkyl halides is 4. The highest BCUT2D eigenvalue weighted by atomic mass is 19.3. The molecule has 2 rings (SSSR count). The van der Waals surface area contributed by atoms with Crippen LogP contribution in [0.2, 0.25) is 0 Å². The lowest BCUT2D eigenvalue weighted by molar-refractivity contribution is -0.168. The molecule has 0 saturated carbocycles. The molecule has 10 heteroatoms. The molecule has 1 aromatic rings. The lowest BCUT2D eigenvalue weighted by Crippen LogP contribution is -2.34. The van der Waals surface area contributed by atoms with Crippen LogP contribution < -0.4 is 5.32 Å². The highest BCUT2D eigenvalue weighted by Crippen LogP contribution is 2.23. The number of aromatic nitrogens is 2. The predicted molar refractivity (Wildman–Crippen MR) is 56.5 cm³/mol. The molecule has 2 heterocycles. The maximum atomic E-state index is 12.6. The second-order valence-electron chi connectivity index (χ2n) is 4.18. The topological polar surface area (TPSA) is 69.4 Å². The molecule has 0 bridgehead atoms. The third-order valence-corrected chi connectivity index (χ3v) is 2.55. The zero-order valence-corrected chi connectivity index (χ0v) is 10.3. The fraction of sp³-hybridized carbons (Fsp3) is 0.800. The van der Waals surface area contributed by atoms with Crippen LogP contribution in [-0.2, 0) is 16.1 Å². The van der Waals surface area contributed by atoms with Gasteiger partial charge < -0.3 is 19.3 Å². The van der Waals surface area contributed by atoms with Crippen LogP contribution in [0, 0.1) is 0 Å². The first-order chi connectivity index (χ1) is 9.49. The van der Waals surface area contributed by atoms with Gasteiger partial charge in [-0.1, -0.05) is 5.16 Å². The van der Waals surface area contributed by atoms with Crippen molar-refractivity contribution in [1.82, 2.24) is 15.5 Å². The van der Waals surface area contributed by atoms with Crippen LogP contribution in [0.15, 0.2) is 4.52 Å². The Morgan fingerprint density at radius 3 is 2.90 bits per heavy atom. The fourth-order valence-corrected chi connectivity index (χ4v) is 1.53. The molecule has 1 saturated heterocycles. The molecule has 20 heavy (non-hydrogen) atoms. The van der Waals surface area contributed by atoms with Crippen molar-refractivity contribution >= 4 is 0 Å². The van der Waals surface area contributed by atoms with Gasteiger partial charge in [-0.05, 0) is 0 Å². The van der Waals surface area contributed by atoms with Gasteiger partial charge in [0.25, 0.3) is 0 Å². The van der Waals surface area contributed by atoms with E-state index in [1.165, 1.54) is 0 Å². The summed E-state index contributed by atoms with van der Waals surface area (Å²) in [6.45, 7) is -0.284. The Balaban J connectivity index is 1.81. The predicted octanol–water partition coefficient (Wildman–Crippen LogP) is 1.15. The minimum Gasteiger partial charge on any atom is -0.378 e. The molecule has 1 N–H and O–H groups in total. The number of ether oxygens (including phenoxy) is 2. The van der Waals surface area contributed by atoms with Crippen molar-refractivity contribution in [2.75, 3.05) is 26.4 Å². The van der Waals surface area contributed by atoms with Crippen LogP contribution in [0.5, 0.6) is 0 Å². The van der Waals surface area contributed by atoms with Gasteiger partial charge in [0.1, 0.15) is 19.3 Å². The Hall–Kier alpha value is -1.26. The van der Waals surface area contributed by atoms with Crippen molar-refractivity contribution in [2.24, 2.45) is 0 Å². The molecule has 0 aromatic carbocycles. The first-order valence-corrected chi connectivity index (χ1v) is 5.86. The van der Waals surface area contributed by atoms with Crippen molar-refractivity contribution in [3.8, 4) is 0 Å². The summed E-state index contributed by atoms with van der Waals surface area (Å²) in [4.78, 5) is 3.92. The van der Waals surface area contributed by atoms with Gasteiger partial charge in [0.2, 0.25) is 5.89 Å². The maximum Gasteiger partial charge on any atom is 0.330 e. The van der Waals surface area contributed by atoms with Gasteiger partial charge in [0.15, 0.2) is 5.82 Å². The molecule has 1 atom stereocenters. The normalized spacial score (nSPS) is 20.6. The summed E-state index contributed by atoms with van der Waals surface area (Å²) in [5, 5.41) is 6.58. The van der Waals surface area contributed by atoms with Crippen molar-refractivity contribution in [1.29, 1.82) is 0 Å². The van der Waals surface area contributed by atoms with Gasteiger partial charge >= 0.3 is 12.3 Å². The van der Waals surface area contributed by atoms with Gasteiger partial charge in [-0.25, -0.2) is 8.78 Å². The Kier molecular flexibility index (Phi) is 4.89. The summed E-state index contributed by atoms with van der Waals surface area (Å²) in [7, 11) is 0. The molecule has 1 aliphatic heterocycles. The maximum absolute atomic E-state index is 12.6. The third kappa shape index (κ3) is 3.87. The summed E-state index contributed by atoms with van der Waals surface area (Å²) in [6.07, 6.45) is -3.77. The highest BCUT2D eigenvalue weighted by Gasteiger charge is 2.41. The Bertz CT molecular complexity index is 424. The number of nitrogens with zero attached hydrogens (tertiary/aromatic N) is 2. The standard InChI is InChI=1S/C10H13F4N3O3/c11-9(12)10(13,14)5-19-4-7-16-8(20-17-7)6-3-18-2-1-15-6/h6,9,15H,1-5H2. The Labute approximate surface area is 111 Å². The zero-order valence-electron chi connectivity index (χ0n) is 10.3. The average molecular weight is 299 g/mol. The smallest absolute Gasteiger partial charge is 0.330 e. The second kappa shape index (κ2) is 6.46. The molecule has 1 aliphatic rings. The molecule has 1 unspecified atom stereocenters. The van der Waals surface area contributed by atoms with E-state index in [1.54, 1.807) is 0 Å². The largest absolute Gasteiger partial charge is 0.378 e. The Morgan fingerprint density at radius 1 is 1.45 bits per heavy atom. The van der Waals surface area contributed by atoms with Crippen molar-refractivity contribution in [3.63, 3.8) is 0 Å². The number of morpholine rings is 1. The van der Waals surface area contributed by atoms with Gasteiger partial charge in [-0.2, -0.15) is 13.8 Å². The molecular formula is C10H13F4N3O3. The van der Waals surface area contributed by atoms with Crippen LogP contribution in [-0.4, -0.2) is 48.9 Å². The molecule has 0 radical (unpaired) electrons. The van der Waals surface area contributed by atoms with E-state index in [2.05, 4.69) is 20.2 Å². The van der Waals surface area contributed by atoms with Crippen molar-refractivity contribution in [2.45, 2.75) is 25.0 Å². The number of hydrogen-bond acceptors (Lipinski definition) is 6. The molecular weight excluding hydrogens is 286 g/mol. The molecule has 6 nitrogen and oxygen atoms in total. The Morgan fingerprint density at radius 2 is 2.25 bits per heavy atom. The van der Waals surface area contributed by atoms with Crippen LogP contribution >= 0.6 is 0 Å². The van der Waals surface area contributed by atoms with E-state index in [0.717, 1.165) is 0 Å². The minimum atomic E-state index is -4.19. The lowest BCUT2D eigenvalue weighted by Gasteiger charge is -2.20. The summed E-state index contributed by atoms with van der Waals surface area (Å²) in [5.74, 6) is -3.94. The number of halogens is 4. The molecule has 114 valence electrons. The van der Waals surface area contributed by atoms with E-state index in [0.29, 0.717) is 19.8 Å². The fourth-order valence-electron chi connectivity index (χ4n) is 1.53. The third-order valence-electron chi connectivity index (χ3n) is 2.55. The zero-order chi connectivity index (χ0) is 14.6. The SMILES string of the molecule is FC(F)C(F)(F)COCc1noc(C2COCCN2)n1. The van der Waals surface area contributed by atoms with Crippen LogP contribution in [0.4, 0.5) is 17.6 Å². The van der Waals surface area contributed by atoms with Crippen molar-refractivity contribution in [3.05, 3.63) is 11.7 Å². The van der Waals surface area contributed by atoms with E-state index in [1.807, 2.05) is 0 Å². The first-order valence-electron chi connectivity index (χ1n) is 5.86. The first kappa shape index (κ1) is 15.1. The van der Waals surface area contributed by atoms with E-state index in [9.17, 15) is 17.6 Å². The summed E-state index contributed by atoms with van der Waals surface area (Å²) in [6, 6.07) is -0.271. The van der Waals surface area contributed by atoms with Crippen LogP contribution in [0.25, 0.3) is 0 Å². The van der Waals surface area contributed by atoms with Gasteiger partial charge in [-0.3, -0.25) is 0 Å². The molecule has 0 amide bonds. The van der Waals surface area contributed by atoms with Crippen LogP contribution in [0.3, 0.4) is 0 Å². The number of nitrogens with one attached hydrogen (secondary N) is 1.